The standard InChI is InChI=1S/C22H19FN2O3/c23-20-9-5-4-6-16(20)15-24-21(26)14-22(27)25-17-10-12-19(13-11-17)28-18-7-2-1-3-8-18/h1-13H,14-15H2,(H,24,26)(H,25,27). The number of hydrogen-bond acceptors (Lipinski definition) is 3. The van der Waals surface area contributed by atoms with Gasteiger partial charge < -0.3 is 15.4 Å². The van der Waals surface area contributed by atoms with Crippen molar-refractivity contribution in [3.05, 3.63) is 90.2 Å². The maximum Gasteiger partial charge on any atom is 0.233 e. The largest absolute Gasteiger partial charge is 0.457 e. The zero-order valence-corrected chi connectivity index (χ0v) is 15.0. The van der Waals surface area contributed by atoms with Gasteiger partial charge in [0.25, 0.3) is 0 Å². The maximum absolute atomic E-state index is 13.5. The molecule has 6 heteroatoms. The number of carbonyl (C=O) groups excluding carboxylic acids is 2. The predicted octanol–water partition coefficient (Wildman–Crippen LogP) is 4.26. The minimum Gasteiger partial charge on any atom is -0.457 e. The van der Waals surface area contributed by atoms with Crippen LogP contribution in [0.1, 0.15) is 12.0 Å². The molecule has 0 aliphatic rings. The number of nitrogens with one attached hydrogen (secondary N) is 2. The molecule has 3 aromatic carbocycles. The smallest absolute Gasteiger partial charge is 0.233 e. The molecule has 2 N–H and O–H groups in total. The Balaban J connectivity index is 1.46. The minimum absolute atomic E-state index is 0.0321. The number of rotatable bonds is 7. The van der Waals surface area contributed by atoms with Gasteiger partial charge in [-0.25, -0.2) is 4.39 Å². The molecule has 0 bridgehead atoms. The third kappa shape index (κ3) is 5.67. The molecule has 0 saturated heterocycles. The minimum atomic E-state index is -0.482. The van der Waals surface area contributed by atoms with Crippen molar-refractivity contribution in [3.8, 4) is 11.5 Å². The number of hydrogen-bond donors (Lipinski definition) is 2. The van der Waals surface area contributed by atoms with Gasteiger partial charge in [0.2, 0.25) is 11.8 Å². The van der Waals surface area contributed by atoms with Crippen molar-refractivity contribution in [2.75, 3.05) is 5.32 Å². The number of carbonyl (C=O) groups is 2. The summed E-state index contributed by atoms with van der Waals surface area (Å²) in [6.45, 7) is 0.0321. The van der Waals surface area contributed by atoms with Crippen molar-refractivity contribution in [1.82, 2.24) is 5.32 Å². The fourth-order valence-corrected chi connectivity index (χ4v) is 2.48. The van der Waals surface area contributed by atoms with Gasteiger partial charge >= 0.3 is 0 Å². The van der Waals surface area contributed by atoms with Gasteiger partial charge in [-0.3, -0.25) is 9.59 Å². The quantitative estimate of drug-likeness (QED) is 0.604. The molecular weight excluding hydrogens is 359 g/mol. The van der Waals surface area contributed by atoms with Gasteiger partial charge in [-0.05, 0) is 42.5 Å². The van der Waals surface area contributed by atoms with Gasteiger partial charge in [0.15, 0.2) is 0 Å². The molecule has 0 fully saturated rings. The van der Waals surface area contributed by atoms with E-state index < -0.39 is 17.6 Å². The molecule has 0 aliphatic carbocycles. The van der Waals surface area contributed by atoms with Crippen LogP contribution in [0, 0.1) is 5.82 Å². The molecule has 0 radical (unpaired) electrons. The monoisotopic (exact) mass is 378 g/mol. The Hall–Kier alpha value is -3.67. The summed E-state index contributed by atoms with van der Waals surface area (Å²) in [5.41, 5.74) is 0.914. The van der Waals surface area contributed by atoms with Gasteiger partial charge in [-0.1, -0.05) is 36.4 Å². The molecular formula is C22H19FN2O3. The topological polar surface area (TPSA) is 67.4 Å². The molecule has 2 amide bonds. The summed E-state index contributed by atoms with van der Waals surface area (Å²) in [7, 11) is 0. The highest BCUT2D eigenvalue weighted by Gasteiger charge is 2.10. The van der Waals surface area contributed by atoms with Gasteiger partial charge in [0.05, 0.1) is 0 Å². The Bertz CT molecular complexity index is 944. The van der Waals surface area contributed by atoms with Crippen LogP contribution in [-0.4, -0.2) is 11.8 Å². The van der Waals surface area contributed by atoms with Gasteiger partial charge in [0, 0.05) is 17.8 Å². The summed E-state index contributed by atoms with van der Waals surface area (Å²) in [5.74, 6) is 0.00949. The third-order valence-corrected chi connectivity index (χ3v) is 3.87. The van der Waals surface area contributed by atoms with Gasteiger partial charge in [-0.15, -0.1) is 0 Å². The number of ether oxygens (including phenoxy) is 1. The molecule has 0 saturated carbocycles. The Morgan fingerprint density at radius 3 is 2.14 bits per heavy atom. The molecule has 5 nitrogen and oxygen atoms in total. The Labute approximate surface area is 162 Å². The summed E-state index contributed by atoms with van der Waals surface area (Å²) in [4.78, 5) is 23.9. The zero-order valence-electron chi connectivity index (χ0n) is 15.0. The molecule has 0 unspecified atom stereocenters. The molecule has 0 heterocycles. The van der Waals surface area contributed by atoms with E-state index in [1.165, 1.54) is 6.07 Å². The van der Waals surface area contributed by atoms with Crippen molar-refractivity contribution < 1.29 is 18.7 Å². The fraction of sp³-hybridized carbons (Fsp3) is 0.0909. The molecule has 0 aliphatic heterocycles. The number of anilines is 1. The highest BCUT2D eigenvalue weighted by Crippen LogP contribution is 2.22. The number of amides is 2. The Kier molecular flexibility index (Phi) is 6.36. The van der Waals surface area contributed by atoms with Crippen LogP contribution in [0.15, 0.2) is 78.9 Å². The lowest BCUT2D eigenvalue weighted by Gasteiger charge is -2.09. The molecule has 0 aromatic heterocycles. The summed E-state index contributed by atoms with van der Waals surface area (Å²) in [5, 5.41) is 5.18. The molecule has 3 rings (SSSR count). The number of para-hydroxylation sites is 1. The molecule has 3 aromatic rings. The van der Waals surface area contributed by atoms with Gasteiger partial charge in [-0.2, -0.15) is 0 Å². The first-order chi connectivity index (χ1) is 13.6. The van der Waals surface area contributed by atoms with Crippen LogP contribution in [0.3, 0.4) is 0 Å². The van der Waals surface area contributed by atoms with E-state index in [1.54, 1.807) is 42.5 Å². The van der Waals surface area contributed by atoms with E-state index in [-0.39, 0.29) is 13.0 Å². The summed E-state index contributed by atoms with van der Waals surface area (Å²) in [6.07, 6.45) is -0.350. The summed E-state index contributed by atoms with van der Waals surface area (Å²) in [6, 6.07) is 22.3. The first-order valence-corrected chi connectivity index (χ1v) is 8.73. The van der Waals surface area contributed by atoms with Crippen molar-refractivity contribution in [1.29, 1.82) is 0 Å². The molecule has 0 atom stereocenters. The van der Waals surface area contributed by atoms with Crippen molar-refractivity contribution in [3.63, 3.8) is 0 Å². The van der Waals surface area contributed by atoms with E-state index in [0.717, 1.165) is 0 Å². The lowest BCUT2D eigenvalue weighted by Crippen LogP contribution is -2.28. The summed E-state index contributed by atoms with van der Waals surface area (Å²) >= 11 is 0. The van der Waals surface area contributed by atoms with Crippen LogP contribution in [0.4, 0.5) is 10.1 Å². The molecule has 0 spiro atoms. The second kappa shape index (κ2) is 9.32. The fourth-order valence-electron chi connectivity index (χ4n) is 2.48. The average Bonchev–Trinajstić information content (AvgIpc) is 2.69. The molecule has 142 valence electrons. The number of halogens is 1. The van der Waals surface area contributed by atoms with Crippen LogP contribution >= 0.6 is 0 Å². The second-order valence-corrected chi connectivity index (χ2v) is 6.03. The van der Waals surface area contributed by atoms with E-state index in [9.17, 15) is 14.0 Å². The number of benzene rings is 3. The van der Waals surface area contributed by atoms with E-state index >= 15 is 0 Å². The normalized spacial score (nSPS) is 10.2. The highest BCUT2D eigenvalue weighted by atomic mass is 19.1. The first kappa shape index (κ1) is 19.1. The zero-order chi connectivity index (χ0) is 19.8. The van der Waals surface area contributed by atoms with E-state index in [1.807, 2.05) is 30.3 Å². The van der Waals surface area contributed by atoms with Crippen LogP contribution in [-0.2, 0) is 16.1 Å². The van der Waals surface area contributed by atoms with Crippen molar-refractivity contribution in [2.24, 2.45) is 0 Å². The van der Waals surface area contributed by atoms with Crippen LogP contribution < -0.4 is 15.4 Å². The van der Waals surface area contributed by atoms with E-state index in [2.05, 4.69) is 10.6 Å². The van der Waals surface area contributed by atoms with Crippen LogP contribution in [0.2, 0.25) is 0 Å². The lowest BCUT2D eigenvalue weighted by atomic mass is 10.2. The average molecular weight is 378 g/mol. The third-order valence-electron chi connectivity index (χ3n) is 3.87. The van der Waals surface area contributed by atoms with Crippen LogP contribution in [0.5, 0.6) is 11.5 Å². The van der Waals surface area contributed by atoms with Crippen molar-refractivity contribution >= 4 is 17.5 Å². The lowest BCUT2D eigenvalue weighted by molar-refractivity contribution is -0.126. The highest BCUT2D eigenvalue weighted by molar-refractivity contribution is 6.03. The first-order valence-electron chi connectivity index (χ1n) is 8.73. The van der Waals surface area contributed by atoms with Crippen LogP contribution in [0.25, 0.3) is 0 Å². The Morgan fingerprint density at radius 2 is 1.43 bits per heavy atom. The van der Waals surface area contributed by atoms with Crippen molar-refractivity contribution in [2.45, 2.75) is 13.0 Å². The maximum atomic E-state index is 13.5. The van der Waals surface area contributed by atoms with E-state index in [4.69, 9.17) is 4.74 Å². The predicted molar refractivity (Wildman–Crippen MR) is 104 cm³/mol. The Morgan fingerprint density at radius 1 is 0.786 bits per heavy atom. The molecule has 28 heavy (non-hydrogen) atoms. The van der Waals surface area contributed by atoms with Gasteiger partial charge in [0.1, 0.15) is 23.7 Å². The second-order valence-electron chi connectivity index (χ2n) is 6.03. The van der Waals surface area contributed by atoms with E-state index in [0.29, 0.717) is 22.7 Å². The SMILES string of the molecule is O=C(CC(=O)Nc1ccc(Oc2ccccc2)cc1)NCc1ccccc1F. The summed E-state index contributed by atoms with van der Waals surface area (Å²) < 4.78 is 19.2.